The highest BCUT2D eigenvalue weighted by atomic mass is 32.2. The summed E-state index contributed by atoms with van der Waals surface area (Å²) < 4.78 is 0. The molecule has 0 atom stereocenters. The van der Waals surface area contributed by atoms with E-state index in [1.807, 2.05) is 30.5 Å². The van der Waals surface area contributed by atoms with E-state index in [9.17, 15) is 4.79 Å². The van der Waals surface area contributed by atoms with E-state index in [1.54, 1.807) is 31.2 Å². The van der Waals surface area contributed by atoms with Crippen LogP contribution >= 0.6 is 11.8 Å². The normalized spacial score (nSPS) is 11.2. The Morgan fingerprint density at radius 1 is 1.19 bits per heavy atom. The third-order valence-electron chi connectivity index (χ3n) is 3.04. The minimum atomic E-state index is -0.157. The molecule has 0 bridgehead atoms. The first-order chi connectivity index (χ1) is 10.2. The van der Waals surface area contributed by atoms with Crippen molar-refractivity contribution in [1.29, 1.82) is 0 Å². The zero-order valence-corrected chi connectivity index (χ0v) is 12.6. The van der Waals surface area contributed by atoms with Gasteiger partial charge in [-0.05, 0) is 37.4 Å². The third-order valence-corrected chi connectivity index (χ3v) is 3.84. The molecule has 0 aliphatic rings. The maximum Gasteiger partial charge on any atom is 0.256 e. The van der Waals surface area contributed by atoms with Crippen LogP contribution in [0.3, 0.4) is 0 Å². The van der Waals surface area contributed by atoms with Gasteiger partial charge in [0, 0.05) is 16.1 Å². The van der Waals surface area contributed by atoms with Gasteiger partial charge in [0.1, 0.15) is 0 Å². The zero-order chi connectivity index (χ0) is 15.2. The number of rotatable bonds is 4. The van der Waals surface area contributed by atoms with Crippen molar-refractivity contribution in [2.24, 2.45) is 5.16 Å². The molecule has 0 heterocycles. The van der Waals surface area contributed by atoms with Gasteiger partial charge >= 0.3 is 0 Å². The lowest BCUT2D eigenvalue weighted by Crippen LogP contribution is -2.13. The van der Waals surface area contributed by atoms with Crippen molar-refractivity contribution in [2.45, 2.75) is 11.8 Å². The van der Waals surface area contributed by atoms with Gasteiger partial charge in [0.2, 0.25) is 0 Å². The van der Waals surface area contributed by atoms with E-state index < -0.39 is 0 Å². The largest absolute Gasteiger partial charge is 0.411 e. The molecule has 2 aromatic rings. The zero-order valence-electron chi connectivity index (χ0n) is 11.8. The van der Waals surface area contributed by atoms with Crippen molar-refractivity contribution < 1.29 is 10.0 Å². The molecule has 2 rings (SSSR count). The van der Waals surface area contributed by atoms with E-state index in [0.29, 0.717) is 17.0 Å². The molecule has 0 saturated heterocycles. The summed E-state index contributed by atoms with van der Waals surface area (Å²) >= 11 is 1.53. The Morgan fingerprint density at radius 2 is 1.95 bits per heavy atom. The molecule has 108 valence electrons. The Labute approximate surface area is 127 Å². The smallest absolute Gasteiger partial charge is 0.256 e. The van der Waals surface area contributed by atoms with Crippen LogP contribution in [0, 0.1) is 0 Å². The number of hydrogen-bond donors (Lipinski definition) is 2. The summed E-state index contributed by atoms with van der Waals surface area (Å²) in [4.78, 5) is 13.3. The number of anilines is 1. The lowest BCUT2D eigenvalue weighted by atomic mass is 10.1. The van der Waals surface area contributed by atoms with Gasteiger partial charge in [-0.25, -0.2) is 0 Å². The summed E-state index contributed by atoms with van der Waals surface area (Å²) in [6.07, 6.45) is 1.94. The summed E-state index contributed by atoms with van der Waals surface area (Å²) in [6.45, 7) is 1.70. The standard InChI is InChI=1S/C16H16N2O2S/c1-11(18-20)12-6-5-7-13(10-12)17-16(19)14-8-3-4-9-15(14)21-2/h3-10,20H,1-2H3,(H,17,19). The fraction of sp³-hybridized carbons (Fsp3) is 0.125. The number of nitrogens with one attached hydrogen (secondary N) is 1. The van der Waals surface area contributed by atoms with Crippen LogP contribution in [0.2, 0.25) is 0 Å². The molecule has 0 aliphatic heterocycles. The predicted octanol–water partition coefficient (Wildman–Crippen LogP) is 3.86. The summed E-state index contributed by atoms with van der Waals surface area (Å²) in [5, 5.41) is 14.8. The highest BCUT2D eigenvalue weighted by molar-refractivity contribution is 7.98. The number of nitrogens with zero attached hydrogens (tertiary/aromatic N) is 1. The number of hydrogen-bond acceptors (Lipinski definition) is 4. The van der Waals surface area contributed by atoms with Gasteiger partial charge in [0.25, 0.3) is 5.91 Å². The van der Waals surface area contributed by atoms with Crippen molar-refractivity contribution in [2.75, 3.05) is 11.6 Å². The quantitative estimate of drug-likeness (QED) is 0.390. The van der Waals surface area contributed by atoms with Gasteiger partial charge in [-0.3, -0.25) is 4.79 Å². The average Bonchev–Trinajstić information content (AvgIpc) is 2.54. The van der Waals surface area contributed by atoms with Crippen molar-refractivity contribution in [3.63, 3.8) is 0 Å². The van der Waals surface area contributed by atoms with Crippen LogP contribution in [0.5, 0.6) is 0 Å². The molecule has 4 nitrogen and oxygen atoms in total. The number of carbonyl (C=O) groups is 1. The number of carbonyl (C=O) groups excluding carboxylic acids is 1. The molecule has 0 aromatic heterocycles. The number of amides is 1. The van der Waals surface area contributed by atoms with Crippen molar-refractivity contribution in [3.8, 4) is 0 Å². The fourth-order valence-corrected chi connectivity index (χ4v) is 2.51. The first-order valence-corrected chi connectivity index (χ1v) is 7.61. The minimum absolute atomic E-state index is 0.157. The van der Waals surface area contributed by atoms with Crippen LogP contribution in [-0.2, 0) is 0 Å². The lowest BCUT2D eigenvalue weighted by molar-refractivity contribution is 0.102. The Hall–Kier alpha value is -2.27. The second kappa shape index (κ2) is 6.95. The van der Waals surface area contributed by atoms with Gasteiger partial charge in [-0.1, -0.05) is 29.4 Å². The first kappa shape index (κ1) is 15.1. The second-order valence-electron chi connectivity index (χ2n) is 4.42. The molecule has 21 heavy (non-hydrogen) atoms. The third kappa shape index (κ3) is 3.64. The highest BCUT2D eigenvalue weighted by Crippen LogP contribution is 2.21. The van der Waals surface area contributed by atoms with Gasteiger partial charge in [0.05, 0.1) is 11.3 Å². The monoisotopic (exact) mass is 300 g/mol. The van der Waals surface area contributed by atoms with Gasteiger partial charge < -0.3 is 10.5 Å². The van der Waals surface area contributed by atoms with Crippen molar-refractivity contribution in [1.82, 2.24) is 0 Å². The van der Waals surface area contributed by atoms with Crippen LogP contribution in [0.25, 0.3) is 0 Å². The number of oxime groups is 1. The topological polar surface area (TPSA) is 61.7 Å². The molecule has 0 spiro atoms. The van der Waals surface area contributed by atoms with Crippen LogP contribution in [0.1, 0.15) is 22.8 Å². The van der Waals surface area contributed by atoms with Crippen LogP contribution in [-0.4, -0.2) is 23.1 Å². The fourth-order valence-electron chi connectivity index (χ4n) is 1.91. The lowest BCUT2D eigenvalue weighted by Gasteiger charge is -2.09. The molecule has 0 fully saturated rings. The van der Waals surface area contributed by atoms with Gasteiger partial charge in [-0.2, -0.15) is 0 Å². The Kier molecular flexibility index (Phi) is 5.00. The second-order valence-corrected chi connectivity index (χ2v) is 5.27. The molecule has 0 saturated carbocycles. The Balaban J connectivity index is 2.24. The van der Waals surface area contributed by atoms with E-state index in [2.05, 4.69) is 10.5 Å². The predicted molar refractivity (Wildman–Crippen MR) is 86.6 cm³/mol. The van der Waals surface area contributed by atoms with E-state index in [4.69, 9.17) is 5.21 Å². The summed E-state index contributed by atoms with van der Waals surface area (Å²) in [5.41, 5.74) is 2.56. The summed E-state index contributed by atoms with van der Waals surface area (Å²) in [7, 11) is 0. The molecule has 2 aromatic carbocycles. The molecular weight excluding hydrogens is 284 g/mol. The van der Waals surface area contributed by atoms with E-state index in [-0.39, 0.29) is 5.91 Å². The van der Waals surface area contributed by atoms with Crippen LogP contribution in [0.15, 0.2) is 58.6 Å². The summed E-state index contributed by atoms with van der Waals surface area (Å²) in [5.74, 6) is -0.157. The maximum atomic E-state index is 12.3. The Morgan fingerprint density at radius 3 is 2.67 bits per heavy atom. The Bertz CT molecular complexity index is 683. The van der Waals surface area contributed by atoms with Crippen LogP contribution < -0.4 is 5.32 Å². The van der Waals surface area contributed by atoms with Crippen molar-refractivity contribution in [3.05, 3.63) is 59.7 Å². The first-order valence-electron chi connectivity index (χ1n) is 6.39. The molecule has 0 aliphatic carbocycles. The highest BCUT2D eigenvalue weighted by Gasteiger charge is 2.11. The molecule has 0 radical (unpaired) electrons. The van der Waals surface area contributed by atoms with E-state index in [0.717, 1.165) is 10.5 Å². The maximum absolute atomic E-state index is 12.3. The minimum Gasteiger partial charge on any atom is -0.411 e. The molecule has 1 amide bonds. The average molecular weight is 300 g/mol. The molecule has 2 N–H and O–H groups in total. The SMILES string of the molecule is CSc1ccccc1C(=O)Nc1cccc(C(C)=NO)c1. The van der Waals surface area contributed by atoms with Gasteiger partial charge in [0.15, 0.2) is 0 Å². The van der Waals surface area contributed by atoms with E-state index in [1.165, 1.54) is 11.8 Å². The van der Waals surface area contributed by atoms with E-state index >= 15 is 0 Å². The number of thioether (sulfide) groups is 1. The van der Waals surface area contributed by atoms with Crippen LogP contribution in [0.4, 0.5) is 5.69 Å². The molecule has 0 unspecified atom stereocenters. The summed E-state index contributed by atoms with van der Waals surface area (Å²) in [6, 6.07) is 14.7. The number of benzene rings is 2. The van der Waals surface area contributed by atoms with Crippen molar-refractivity contribution >= 4 is 29.1 Å². The van der Waals surface area contributed by atoms with Gasteiger partial charge in [-0.15, -0.1) is 11.8 Å². The molecule has 5 heteroatoms. The molecular formula is C16H16N2O2S.